The number of hydrogen-bond acceptors (Lipinski definition) is 7. The minimum absolute atomic E-state index is 0.0198. The summed E-state index contributed by atoms with van der Waals surface area (Å²) in [4.78, 5) is 12.4. The van der Waals surface area contributed by atoms with Gasteiger partial charge in [0.25, 0.3) is 5.69 Å². The Morgan fingerprint density at radius 2 is 1.69 bits per heavy atom. The monoisotopic (exact) mass is 644 g/mol. The molecule has 0 radical (unpaired) electrons. The van der Waals surface area contributed by atoms with Gasteiger partial charge in [-0.2, -0.15) is 13.2 Å². The van der Waals surface area contributed by atoms with Crippen molar-refractivity contribution in [2.24, 2.45) is 0 Å². The predicted octanol–water partition coefficient (Wildman–Crippen LogP) is 5.04. The van der Waals surface area contributed by atoms with Gasteiger partial charge in [-0.1, -0.05) is 42.5 Å². The van der Waals surface area contributed by atoms with Crippen LogP contribution in [0.1, 0.15) is 24.0 Å². The minimum Gasteiger partial charge on any atom is -0.483 e. The number of non-ortho nitro benzene ring substituents is 1. The largest absolute Gasteiger partial charge is 0.483 e. The van der Waals surface area contributed by atoms with Gasteiger partial charge in [0.15, 0.2) is 0 Å². The summed E-state index contributed by atoms with van der Waals surface area (Å²) in [6.07, 6.45) is -2.31. The van der Waals surface area contributed by atoms with Crippen molar-refractivity contribution in [2.75, 3.05) is 36.7 Å². The number of sulfonamides is 1. The molecule has 6 rings (SSSR count). The van der Waals surface area contributed by atoms with E-state index in [4.69, 9.17) is 4.74 Å². The Labute approximate surface area is 257 Å². The number of fused-ring (bicyclic) bond motifs is 2. The highest BCUT2D eigenvalue weighted by atomic mass is 32.2. The zero-order chi connectivity index (χ0) is 32.2. The second-order valence-corrected chi connectivity index (χ2v) is 13.7. The van der Waals surface area contributed by atoms with Crippen molar-refractivity contribution in [1.82, 2.24) is 9.47 Å². The molecule has 2 aliphatic rings. The van der Waals surface area contributed by atoms with Gasteiger partial charge in [0, 0.05) is 68.3 Å². The summed E-state index contributed by atoms with van der Waals surface area (Å²) in [6.45, 7) is -0.431. The number of likely N-dealkylation sites (tertiary alicyclic amines) is 1. The molecule has 0 bridgehead atoms. The number of rotatable bonds is 7. The molecule has 1 N–H and O–H groups in total. The number of β-amino-alcohol motifs (C(OH)–C–C–N with tert-alkyl or cyclic N) is 1. The maximum Gasteiger partial charge on any atom is 0.422 e. The molecule has 45 heavy (non-hydrogen) atoms. The average Bonchev–Trinajstić information content (AvgIpc) is 3.35. The van der Waals surface area contributed by atoms with E-state index in [1.165, 1.54) is 32.1 Å². The van der Waals surface area contributed by atoms with Crippen LogP contribution in [0.5, 0.6) is 5.75 Å². The highest BCUT2D eigenvalue weighted by Gasteiger charge is 2.57. The van der Waals surface area contributed by atoms with Crippen molar-refractivity contribution in [3.63, 3.8) is 0 Å². The summed E-state index contributed by atoms with van der Waals surface area (Å²) in [5.41, 5.74) is -3.58. The van der Waals surface area contributed by atoms with Crippen LogP contribution in [-0.4, -0.2) is 72.1 Å². The number of ether oxygens (including phenoxy) is 1. The molecule has 14 heteroatoms. The first kappa shape index (κ1) is 30.9. The average molecular weight is 645 g/mol. The van der Waals surface area contributed by atoms with Crippen LogP contribution in [0.3, 0.4) is 0 Å². The standard InChI is InChI=1S/C31H31F3N4O6S/c1-45(42,43)37-20-29(44-28-10-6-5-9-26(28)37)13-15-35(16-14-29)21-30(39,31(32,33)34)25-19-36(18-22-7-3-2-4-8-22)27-17-23(38(40)41)11-12-24(25)27/h2-12,17,19,39H,13-16,18,20-21H2,1H3. The molecule has 0 amide bonds. The Morgan fingerprint density at radius 1 is 1.02 bits per heavy atom. The summed E-state index contributed by atoms with van der Waals surface area (Å²) in [6, 6.07) is 19.3. The zero-order valence-electron chi connectivity index (χ0n) is 24.3. The molecule has 0 aliphatic carbocycles. The molecule has 1 aromatic heterocycles. The number of para-hydroxylation sites is 2. The van der Waals surface area contributed by atoms with E-state index in [9.17, 15) is 36.8 Å². The van der Waals surface area contributed by atoms with Crippen molar-refractivity contribution in [3.8, 4) is 5.75 Å². The quantitative estimate of drug-likeness (QED) is 0.221. The Morgan fingerprint density at radius 3 is 2.33 bits per heavy atom. The van der Waals surface area contributed by atoms with Crippen LogP contribution in [0.2, 0.25) is 0 Å². The summed E-state index contributed by atoms with van der Waals surface area (Å²) >= 11 is 0. The van der Waals surface area contributed by atoms with E-state index in [-0.39, 0.29) is 55.6 Å². The number of aliphatic hydroxyl groups is 1. The van der Waals surface area contributed by atoms with Crippen molar-refractivity contribution < 1.29 is 36.4 Å². The number of nitrogens with zero attached hydrogens (tertiary/aromatic N) is 4. The number of nitro benzene ring substituents is 1. The molecule has 1 unspecified atom stereocenters. The number of benzene rings is 3. The number of alkyl halides is 3. The third kappa shape index (κ3) is 5.73. The Balaban J connectivity index is 1.32. The predicted molar refractivity (Wildman–Crippen MR) is 162 cm³/mol. The van der Waals surface area contributed by atoms with Crippen molar-refractivity contribution in [2.45, 2.75) is 36.8 Å². The Kier molecular flexibility index (Phi) is 7.57. The molecule has 1 fully saturated rings. The van der Waals surface area contributed by atoms with E-state index in [1.54, 1.807) is 54.6 Å². The summed E-state index contributed by atoms with van der Waals surface area (Å²) in [7, 11) is -3.66. The number of piperidine rings is 1. The maximum absolute atomic E-state index is 14.9. The lowest BCUT2D eigenvalue weighted by molar-refractivity contribution is -0.384. The van der Waals surface area contributed by atoms with Gasteiger partial charge >= 0.3 is 6.18 Å². The van der Waals surface area contributed by atoms with Crippen LogP contribution < -0.4 is 9.04 Å². The number of anilines is 1. The van der Waals surface area contributed by atoms with Crippen LogP contribution in [0.25, 0.3) is 10.9 Å². The van der Waals surface area contributed by atoms with Gasteiger partial charge in [-0.15, -0.1) is 0 Å². The summed E-state index contributed by atoms with van der Waals surface area (Å²) < 4.78 is 79.1. The van der Waals surface area contributed by atoms with E-state index in [1.807, 2.05) is 0 Å². The third-order valence-electron chi connectivity index (χ3n) is 8.70. The lowest BCUT2D eigenvalue weighted by Crippen LogP contribution is -2.60. The van der Waals surface area contributed by atoms with Crippen LogP contribution in [0.4, 0.5) is 24.5 Å². The molecule has 1 atom stereocenters. The molecule has 4 aromatic rings. The normalized spacial score (nSPS) is 18.4. The van der Waals surface area contributed by atoms with Gasteiger partial charge < -0.3 is 14.4 Å². The van der Waals surface area contributed by atoms with E-state index in [0.717, 1.165) is 17.9 Å². The van der Waals surface area contributed by atoms with Crippen LogP contribution in [-0.2, 0) is 22.2 Å². The molecule has 10 nitrogen and oxygen atoms in total. The SMILES string of the molecule is CS(=O)(=O)N1CC2(CCN(CC(O)(c3cn(Cc4ccccc4)c4cc([N+](=O)[O-])ccc34)C(F)(F)F)CC2)Oc2ccccc21. The van der Waals surface area contributed by atoms with Crippen molar-refractivity contribution in [1.29, 1.82) is 0 Å². The van der Waals surface area contributed by atoms with Gasteiger partial charge in [0.1, 0.15) is 11.4 Å². The number of hydrogen-bond donors (Lipinski definition) is 1. The second-order valence-electron chi connectivity index (χ2n) is 11.8. The lowest BCUT2D eigenvalue weighted by atomic mass is 9.87. The number of nitro groups is 1. The van der Waals surface area contributed by atoms with Crippen LogP contribution in [0.15, 0.2) is 79.0 Å². The molecular formula is C31H31F3N4O6S. The van der Waals surface area contributed by atoms with Gasteiger partial charge in [0.05, 0.1) is 28.9 Å². The maximum atomic E-state index is 14.9. The van der Waals surface area contributed by atoms with Gasteiger partial charge in [-0.3, -0.25) is 19.3 Å². The molecule has 3 heterocycles. The fourth-order valence-electron chi connectivity index (χ4n) is 6.32. The smallest absolute Gasteiger partial charge is 0.422 e. The highest BCUT2D eigenvalue weighted by Crippen LogP contribution is 2.46. The van der Waals surface area contributed by atoms with E-state index in [2.05, 4.69) is 0 Å². The van der Waals surface area contributed by atoms with E-state index in [0.29, 0.717) is 11.4 Å². The third-order valence-corrected chi connectivity index (χ3v) is 9.83. The molecule has 1 saturated heterocycles. The molecule has 1 spiro atoms. The van der Waals surface area contributed by atoms with Gasteiger partial charge in [-0.05, 0) is 23.8 Å². The first-order valence-corrected chi connectivity index (χ1v) is 16.1. The molecule has 238 valence electrons. The molecular weight excluding hydrogens is 613 g/mol. The van der Waals surface area contributed by atoms with Gasteiger partial charge in [-0.25, -0.2) is 8.42 Å². The first-order valence-electron chi connectivity index (χ1n) is 14.3. The van der Waals surface area contributed by atoms with Gasteiger partial charge in [0.2, 0.25) is 15.6 Å². The fourth-order valence-corrected chi connectivity index (χ4v) is 7.30. The number of halogens is 3. The summed E-state index contributed by atoms with van der Waals surface area (Å²) in [5.74, 6) is 0.384. The highest BCUT2D eigenvalue weighted by molar-refractivity contribution is 7.92. The summed E-state index contributed by atoms with van der Waals surface area (Å²) in [5, 5.41) is 23.2. The van der Waals surface area contributed by atoms with E-state index >= 15 is 0 Å². The Bertz CT molecular complexity index is 1860. The molecule has 0 saturated carbocycles. The van der Waals surface area contributed by atoms with E-state index < -0.39 is 44.4 Å². The topological polar surface area (TPSA) is 118 Å². The van der Waals surface area contributed by atoms with Crippen molar-refractivity contribution >= 4 is 32.3 Å². The minimum atomic E-state index is -5.09. The second kappa shape index (κ2) is 11.0. The van der Waals surface area contributed by atoms with Crippen molar-refractivity contribution in [3.05, 3.63) is 100 Å². The van der Waals surface area contributed by atoms with Crippen LogP contribution in [0, 0.1) is 10.1 Å². The van der Waals surface area contributed by atoms with Crippen LogP contribution >= 0.6 is 0 Å². The first-order chi connectivity index (χ1) is 21.2. The molecule has 2 aliphatic heterocycles. The molecule has 3 aromatic carbocycles. The Hall–Kier alpha value is -4.14. The number of aromatic nitrogens is 1. The zero-order valence-corrected chi connectivity index (χ0v) is 25.1. The lowest BCUT2D eigenvalue weighted by Gasteiger charge is -2.48. The fraction of sp³-hybridized carbons (Fsp3) is 0.355.